The highest BCUT2D eigenvalue weighted by atomic mass is 35.5. The summed E-state index contributed by atoms with van der Waals surface area (Å²) in [6.07, 6.45) is -1.55. The Morgan fingerprint density at radius 2 is 2.12 bits per heavy atom. The monoisotopic (exact) mass is 263 g/mol. The summed E-state index contributed by atoms with van der Waals surface area (Å²) in [5.74, 6) is 0.295. The molecule has 0 bridgehead atoms. The van der Waals surface area contributed by atoms with E-state index in [-0.39, 0.29) is 29.9 Å². The molecular weight excluding hydrogens is 252 g/mol. The van der Waals surface area contributed by atoms with Gasteiger partial charge < -0.3 is 14.8 Å². The molecule has 0 aliphatic carbocycles. The Morgan fingerprint density at radius 3 is 2.82 bits per heavy atom. The van der Waals surface area contributed by atoms with Gasteiger partial charge in [0.25, 0.3) is 0 Å². The molecule has 1 fully saturated rings. The van der Waals surface area contributed by atoms with Crippen molar-refractivity contribution in [2.24, 2.45) is 0 Å². The molecule has 94 valence electrons. The van der Waals surface area contributed by atoms with Crippen LogP contribution in [0, 0.1) is 0 Å². The molecule has 2 heterocycles. The van der Waals surface area contributed by atoms with Gasteiger partial charge in [-0.05, 0) is 25.5 Å². The molecule has 1 aromatic carbocycles. The molecule has 6 heteroatoms. The van der Waals surface area contributed by atoms with Gasteiger partial charge in [0.15, 0.2) is 11.5 Å². The standard InChI is InChI=1S/C11H11F2NO2.ClH/c12-11(13)15-9-5-1-3-7(10(9)16-11)8-4-2-6-14-8;/h1,3,5,8,14H,2,4,6H2;1H/t8-;/m0./s1. The molecule has 0 amide bonds. The van der Waals surface area contributed by atoms with Crippen LogP contribution in [0.15, 0.2) is 18.2 Å². The van der Waals surface area contributed by atoms with Crippen LogP contribution < -0.4 is 14.8 Å². The Labute approximate surface area is 104 Å². The third-order valence-corrected chi connectivity index (χ3v) is 2.89. The lowest BCUT2D eigenvalue weighted by Crippen LogP contribution is -2.26. The first-order chi connectivity index (χ1) is 7.66. The SMILES string of the molecule is Cl.FC1(F)Oc2cccc([C@@H]3CCCN3)c2O1. The summed E-state index contributed by atoms with van der Waals surface area (Å²) in [4.78, 5) is 0. The summed E-state index contributed by atoms with van der Waals surface area (Å²) < 4.78 is 34.8. The third kappa shape index (κ3) is 2.17. The second-order valence-electron chi connectivity index (χ2n) is 3.99. The van der Waals surface area contributed by atoms with E-state index in [4.69, 9.17) is 0 Å². The average Bonchev–Trinajstić information content (AvgIpc) is 2.80. The van der Waals surface area contributed by atoms with Crippen LogP contribution >= 0.6 is 12.4 Å². The lowest BCUT2D eigenvalue weighted by atomic mass is 10.0. The molecule has 0 spiro atoms. The molecule has 2 aliphatic heterocycles. The van der Waals surface area contributed by atoms with Crippen LogP contribution in [0.2, 0.25) is 0 Å². The highest BCUT2D eigenvalue weighted by Gasteiger charge is 2.45. The van der Waals surface area contributed by atoms with E-state index in [1.165, 1.54) is 6.07 Å². The largest absolute Gasteiger partial charge is 0.586 e. The molecule has 0 aromatic heterocycles. The van der Waals surface area contributed by atoms with Gasteiger partial charge in [-0.15, -0.1) is 21.2 Å². The van der Waals surface area contributed by atoms with Crippen LogP contribution in [0.5, 0.6) is 11.5 Å². The van der Waals surface area contributed by atoms with Crippen molar-refractivity contribution in [2.75, 3.05) is 6.54 Å². The maximum Gasteiger partial charge on any atom is 0.586 e. The lowest BCUT2D eigenvalue weighted by molar-refractivity contribution is -0.287. The topological polar surface area (TPSA) is 30.5 Å². The first kappa shape index (κ1) is 12.4. The fraction of sp³-hybridized carbons (Fsp3) is 0.455. The lowest BCUT2D eigenvalue weighted by Gasteiger charge is -2.13. The zero-order valence-electron chi connectivity index (χ0n) is 8.91. The number of rotatable bonds is 1. The van der Waals surface area contributed by atoms with E-state index in [1.807, 2.05) is 0 Å². The fourth-order valence-electron chi connectivity index (χ4n) is 2.21. The number of ether oxygens (including phenoxy) is 2. The van der Waals surface area contributed by atoms with Crippen LogP contribution in [0.3, 0.4) is 0 Å². The number of hydrogen-bond acceptors (Lipinski definition) is 3. The summed E-state index contributed by atoms with van der Waals surface area (Å²) in [5.41, 5.74) is 0.757. The van der Waals surface area contributed by atoms with E-state index in [1.54, 1.807) is 12.1 Å². The average molecular weight is 264 g/mol. The fourth-order valence-corrected chi connectivity index (χ4v) is 2.21. The van der Waals surface area contributed by atoms with Crippen molar-refractivity contribution in [1.82, 2.24) is 5.32 Å². The van der Waals surface area contributed by atoms with Crippen molar-refractivity contribution in [3.05, 3.63) is 23.8 Å². The van der Waals surface area contributed by atoms with Crippen molar-refractivity contribution < 1.29 is 18.3 Å². The summed E-state index contributed by atoms with van der Waals surface area (Å²) in [7, 11) is 0. The minimum Gasteiger partial charge on any atom is -0.395 e. The molecule has 0 unspecified atom stereocenters. The van der Waals surface area contributed by atoms with E-state index in [0.717, 1.165) is 24.9 Å². The predicted octanol–water partition coefficient (Wildman–Crippen LogP) is 2.85. The zero-order valence-corrected chi connectivity index (χ0v) is 9.73. The van der Waals surface area contributed by atoms with Crippen molar-refractivity contribution >= 4 is 12.4 Å². The first-order valence-electron chi connectivity index (χ1n) is 5.28. The molecule has 17 heavy (non-hydrogen) atoms. The molecule has 0 saturated carbocycles. The van der Waals surface area contributed by atoms with E-state index in [0.29, 0.717) is 0 Å². The van der Waals surface area contributed by atoms with Crippen LogP contribution in [0.25, 0.3) is 0 Å². The number of alkyl halides is 2. The minimum absolute atomic E-state index is 0. The number of para-hydroxylation sites is 1. The quantitative estimate of drug-likeness (QED) is 0.845. The Hall–Kier alpha value is -1.07. The van der Waals surface area contributed by atoms with Gasteiger partial charge in [-0.2, -0.15) is 0 Å². The predicted molar refractivity (Wildman–Crippen MR) is 59.9 cm³/mol. The van der Waals surface area contributed by atoms with Gasteiger partial charge in [-0.3, -0.25) is 0 Å². The van der Waals surface area contributed by atoms with Crippen molar-refractivity contribution in [3.8, 4) is 11.5 Å². The van der Waals surface area contributed by atoms with Gasteiger partial charge >= 0.3 is 6.29 Å². The molecule has 1 atom stereocenters. The second kappa shape index (κ2) is 4.31. The number of halogens is 3. The van der Waals surface area contributed by atoms with Gasteiger partial charge in [0.05, 0.1) is 0 Å². The maximum absolute atomic E-state index is 12.9. The van der Waals surface area contributed by atoms with E-state index >= 15 is 0 Å². The first-order valence-corrected chi connectivity index (χ1v) is 5.28. The van der Waals surface area contributed by atoms with Crippen molar-refractivity contribution in [2.45, 2.75) is 25.2 Å². The molecule has 3 rings (SSSR count). The van der Waals surface area contributed by atoms with Crippen LogP contribution in [-0.4, -0.2) is 12.8 Å². The molecule has 0 radical (unpaired) electrons. The molecule has 1 N–H and O–H groups in total. The molecule has 1 aromatic rings. The van der Waals surface area contributed by atoms with E-state index in [9.17, 15) is 8.78 Å². The minimum atomic E-state index is -3.53. The summed E-state index contributed by atoms with van der Waals surface area (Å²) >= 11 is 0. The number of fused-ring (bicyclic) bond motifs is 1. The maximum atomic E-state index is 12.9. The smallest absolute Gasteiger partial charge is 0.395 e. The van der Waals surface area contributed by atoms with Gasteiger partial charge in [-0.1, -0.05) is 12.1 Å². The van der Waals surface area contributed by atoms with Gasteiger partial charge in [0, 0.05) is 11.6 Å². The van der Waals surface area contributed by atoms with E-state index in [2.05, 4.69) is 14.8 Å². The summed E-state index contributed by atoms with van der Waals surface area (Å²) in [6, 6.07) is 5.09. The Morgan fingerprint density at radius 1 is 1.29 bits per heavy atom. The van der Waals surface area contributed by atoms with E-state index < -0.39 is 6.29 Å². The van der Waals surface area contributed by atoms with Crippen LogP contribution in [0.4, 0.5) is 8.78 Å². The molecule has 3 nitrogen and oxygen atoms in total. The highest BCUT2D eigenvalue weighted by molar-refractivity contribution is 5.85. The zero-order chi connectivity index (χ0) is 11.2. The molecular formula is C11H12ClF2NO2. The second-order valence-corrected chi connectivity index (χ2v) is 3.99. The van der Waals surface area contributed by atoms with Gasteiger partial charge in [-0.25, -0.2) is 0 Å². The third-order valence-electron chi connectivity index (χ3n) is 2.89. The molecule has 1 saturated heterocycles. The number of nitrogens with one attached hydrogen (secondary N) is 1. The van der Waals surface area contributed by atoms with Gasteiger partial charge in [0.1, 0.15) is 0 Å². The van der Waals surface area contributed by atoms with Crippen LogP contribution in [-0.2, 0) is 0 Å². The number of hydrogen-bond donors (Lipinski definition) is 1. The number of benzene rings is 1. The Balaban J connectivity index is 0.00000108. The summed E-state index contributed by atoms with van der Waals surface area (Å²) in [6.45, 7) is 0.908. The van der Waals surface area contributed by atoms with Crippen LogP contribution in [0.1, 0.15) is 24.4 Å². The molecule has 2 aliphatic rings. The summed E-state index contributed by atoms with van der Waals surface area (Å²) in [5, 5.41) is 3.25. The highest BCUT2D eigenvalue weighted by Crippen LogP contribution is 2.46. The van der Waals surface area contributed by atoms with Gasteiger partial charge in [0.2, 0.25) is 0 Å². The normalized spacial score (nSPS) is 24.5. The Kier molecular flexibility index (Phi) is 3.14. The Bertz CT molecular complexity index is 422. The van der Waals surface area contributed by atoms with Crippen molar-refractivity contribution in [1.29, 1.82) is 0 Å². The van der Waals surface area contributed by atoms with Crippen molar-refractivity contribution in [3.63, 3.8) is 0 Å².